The van der Waals surface area contributed by atoms with E-state index in [4.69, 9.17) is 9.47 Å². The fraction of sp³-hybridized carbons (Fsp3) is 0.647. The van der Waals surface area contributed by atoms with Crippen LogP contribution in [0.2, 0.25) is 0 Å². The smallest absolute Gasteiger partial charge is 0.161 e. The summed E-state index contributed by atoms with van der Waals surface area (Å²) in [5.41, 5.74) is 0.921. The van der Waals surface area contributed by atoms with Gasteiger partial charge < -0.3 is 19.5 Å². The van der Waals surface area contributed by atoms with E-state index < -0.39 is 6.10 Å². The Morgan fingerprint density at radius 3 is 2.67 bits per heavy atom. The maximum Gasteiger partial charge on any atom is 0.161 e. The Hall–Kier alpha value is -1.26. The van der Waals surface area contributed by atoms with Crippen molar-refractivity contribution in [3.63, 3.8) is 0 Å². The highest BCUT2D eigenvalue weighted by Crippen LogP contribution is 2.33. The number of likely N-dealkylation sites (tertiary alicyclic amines) is 1. The third-order valence-electron chi connectivity index (χ3n) is 4.55. The van der Waals surface area contributed by atoms with Crippen LogP contribution in [0.3, 0.4) is 0 Å². The molecule has 1 unspecified atom stereocenters. The highest BCUT2D eigenvalue weighted by Gasteiger charge is 2.18. The van der Waals surface area contributed by atoms with E-state index in [9.17, 15) is 5.11 Å². The normalized spacial score (nSPS) is 21.2. The molecule has 0 aromatic heterocycles. The number of benzene rings is 1. The van der Waals surface area contributed by atoms with Gasteiger partial charge in [-0.15, -0.1) is 0 Å². The van der Waals surface area contributed by atoms with Crippen LogP contribution in [0.15, 0.2) is 18.2 Å². The van der Waals surface area contributed by atoms with Crippen molar-refractivity contribution >= 4 is 0 Å². The maximum atomic E-state index is 10.4. The molecule has 21 heavy (non-hydrogen) atoms. The molecule has 1 saturated heterocycles. The van der Waals surface area contributed by atoms with E-state index >= 15 is 0 Å². The number of nitrogens with zero attached hydrogens (tertiary/aromatic N) is 1. The van der Waals surface area contributed by atoms with Crippen molar-refractivity contribution < 1.29 is 14.6 Å². The average molecular weight is 291 g/mol. The molecule has 3 rings (SSSR count). The van der Waals surface area contributed by atoms with Crippen molar-refractivity contribution in [1.82, 2.24) is 4.90 Å². The molecule has 4 nitrogen and oxygen atoms in total. The lowest BCUT2D eigenvalue weighted by Gasteiger charge is -2.30. The number of ether oxygens (including phenoxy) is 2. The summed E-state index contributed by atoms with van der Waals surface area (Å²) >= 11 is 0. The molecule has 2 aliphatic rings. The zero-order valence-corrected chi connectivity index (χ0v) is 12.8. The van der Waals surface area contributed by atoms with Gasteiger partial charge in [-0.1, -0.05) is 13.0 Å². The number of rotatable bonds is 4. The van der Waals surface area contributed by atoms with Crippen molar-refractivity contribution in [3.05, 3.63) is 23.8 Å². The lowest BCUT2D eigenvalue weighted by atomic mass is 9.98. The van der Waals surface area contributed by atoms with Crippen LogP contribution in [0.4, 0.5) is 0 Å². The van der Waals surface area contributed by atoms with Crippen molar-refractivity contribution in [2.75, 3.05) is 32.8 Å². The number of hydrogen-bond acceptors (Lipinski definition) is 4. The molecule has 1 aromatic carbocycles. The Labute approximate surface area is 126 Å². The number of piperidine rings is 1. The summed E-state index contributed by atoms with van der Waals surface area (Å²) in [7, 11) is 0. The first-order valence-corrected chi connectivity index (χ1v) is 8.02. The average Bonchev–Trinajstić information content (AvgIpc) is 2.53. The minimum Gasteiger partial charge on any atom is -0.486 e. The minimum absolute atomic E-state index is 0.430. The highest BCUT2D eigenvalue weighted by atomic mass is 16.6. The van der Waals surface area contributed by atoms with Gasteiger partial charge in [0.2, 0.25) is 0 Å². The zero-order chi connectivity index (χ0) is 14.7. The van der Waals surface area contributed by atoms with Crippen LogP contribution in [0, 0.1) is 5.92 Å². The van der Waals surface area contributed by atoms with E-state index in [0.717, 1.165) is 49.0 Å². The predicted molar refractivity (Wildman–Crippen MR) is 81.8 cm³/mol. The van der Waals surface area contributed by atoms with Crippen LogP contribution in [0.25, 0.3) is 0 Å². The molecule has 1 N–H and O–H groups in total. The van der Waals surface area contributed by atoms with Gasteiger partial charge in [0, 0.05) is 6.54 Å². The van der Waals surface area contributed by atoms with Gasteiger partial charge in [-0.2, -0.15) is 0 Å². The molecule has 0 radical (unpaired) electrons. The summed E-state index contributed by atoms with van der Waals surface area (Å²) in [5.74, 6) is 2.38. The molecule has 4 heteroatoms. The van der Waals surface area contributed by atoms with E-state index in [1.54, 1.807) is 0 Å². The number of aliphatic hydroxyl groups is 1. The Balaban J connectivity index is 1.54. The second-order valence-corrected chi connectivity index (χ2v) is 6.23. The molecule has 0 spiro atoms. The second kappa shape index (κ2) is 6.67. The van der Waals surface area contributed by atoms with Gasteiger partial charge in [0.15, 0.2) is 11.5 Å². The van der Waals surface area contributed by atoms with Gasteiger partial charge in [0.05, 0.1) is 6.10 Å². The lowest BCUT2D eigenvalue weighted by molar-refractivity contribution is 0.124. The van der Waals surface area contributed by atoms with Crippen LogP contribution in [-0.2, 0) is 0 Å². The van der Waals surface area contributed by atoms with E-state index in [1.807, 2.05) is 18.2 Å². The largest absolute Gasteiger partial charge is 0.486 e. The second-order valence-electron chi connectivity index (χ2n) is 6.23. The van der Waals surface area contributed by atoms with E-state index in [1.165, 1.54) is 12.8 Å². The Bertz CT molecular complexity index is 469. The van der Waals surface area contributed by atoms with Crippen LogP contribution in [-0.4, -0.2) is 42.9 Å². The molecule has 2 heterocycles. The van der Waals surface area contributed by atoms with Gasteiger partial charge in [-0.3, -0.25) is 0 Å². The van der Waals surface area contributed by atoms with E-state index in [0.29, 0.717) is 13.2 Å². The van der Waals surface area contributed by atoms with E-state index in [2.05, 4.69) is 11.8 Å². The first-order valence-electron chi connectivity index (χ1n) is 8.02. The van der Waals surface area contributed by atoms with E-state index in [-0.39, 0.29) is 0 Å². The molecule has 0 bridgehead atoms. The van der Waals surface area contributed by atoms with Crippen LogP contribution in [0.5, 0.6) is 11.5 Å². The number of fused-ring (bicyclic) bond motifs is 1. The van der Waals surface area contributed by atoms with Gasteiger partial charge >= 0.3 is 0 Å². The first kappa shape index (κ1) is 14.7. The minimum atomic E-state index is -0.430. The molecule has 116 valence electrons. The van der Waals surface area contributed by atoms with Crippen molar-refractivity contribution in [3.8, 4) is 11.5 Å². The fourth-order valence-corrected chi connectivity index (χ4v) is 3.02. The molecule has 0 amide bonds. The van der Waals surface area contributed by atoms with Gasteiger partial charge in [-0.05, 0) is 56.0 Å². The van der Waals surface area contributed by atoms with Crippen molar-refractivity contribution in [1.29, 1.82) is 0 Å². The SMILES string of the molecule is CC1CCN(CCC(O)c2ccc3c(c2)OCCO3)CC1. The summed E-state index contributed by atoms with van der Waals surface area (Å²) < 4.78 is 11.1. The summed E-state index contributed by atoms with van der Waals surface area (Å²) in [6, 6.07) is 5.75. The standard InChI is InChI=1S/C17H25NO3/c1-13-4-7-18(8-5-13)9-6-15(19)14-2-3-16-17(12-14)21-11-10-20-16/h2-3,12-13,15,19H,4-11H2,1H3. The summed E-state index contributed by atoms with van der Waals surface area (Å²) in [6.07, 6.45) is 2.90. The Morgan fingerprint density at radius 1 is 1.19 bits per heavy atom. The van der Waals surface area contributed by atoms with Crippen LogP contribution in [0.1, 0.15) is 37.9 Å². The number of hydrogen-bond donors (Lipinski definition) is 1. The lowest BCUT2D eigenvalue weighted by Crippen LogP contribution is -2.34. The summed E-state index contributed by atoms with van der Waals surface area (Å²) in [6.45, 7) is 6.79. The Kier molecular flexibility index (Phi) is 4.66. The third kappa shape index (κ3) is 3.69. The quantitative estimate of drug-likeness (QED) is 0.926. The van der Waals surface area contributed by atoms with Gasteiger partial charge in [0.1, 0.15) is 13.2 Å². The molecule has 0 aliphatic carbocycles. The molecular formula is C17H25NO3. The first-order chi connectivity index (χ1) is 10.2. The number of aliphatic hydroxyl groups excluding tert-OH is 1. The van der Waals surface area contributed by atoms with Crippen LogP contribution >= 0.6 is 0 Å². The molecule has 1 atom stereocenters. The third-order valence-corrected chi connectivity index (χ3v) is 4.55. The summed E-state index contributed by atoms with van der Waals surface area (Å²) in [5, 5.41) is 10.4. The van der Waals surface area contributed by atoms with Crippen LogP contribution < -0.4 is 9.47 Å². The van der Waals surface area contributed by atoms with Crippen molar-refractivity contribution in [2.24, 2.45) is 5.92 Å². The predicted octanol–water partition coefficient (Wildman–Crippen LogP) is 2.61. The molecule has 0 saturated carbocycles. The maximum absolute atomic E-state index is 10.4. The monoisotopic (exact) mass is 291 g/mol. The topological polar surface area (TPSA) is 41.9 Å². The molecular weight excluding hydrogens is 266 g/mol. The molecule has 2 aliphatic heterocycles. The zero-order valence-electron chi connectivity index (χ0n) is 12.8. The van der Waals surface area contributed by atoms with Gasteiger partial charge in [-0.25, -0.2) is 0 Å². The highest BCUT2D eigenvalue weighted by molar-refractivity contribution is 5.44. The van der Waals surface area contributed by atoms with Crippen molar-refractivity contribution in [2.45, 2.75) is 32.3 Å². The molecule has 1 fully saturated rings. The van der Waals surface area contributed by atoms with Gasteiger partial charge in [0.25, 0.3) is 0 Å². The Morgan fingerprint density at radius 2 is 1.90 bits per heavy atom. The molecule has 1 aromatic rings. The fourth-order valence-electron chi connectivity index (χ4n) is 3.02. The summed E-state index contributed by atoms with van der Waals surface area (Å²) in [4.78, 5) is 2.46.